The molecule has 0 aliphatic heterocycles. The highest BCUT2D eigenvalue weighted by Crippen LogP contribution is 2.36. The number of rotatable bonds is 7. The molecule has 0 spiro atoms. The van der Waals surface area contributed by atoms with E-state index in [1.54, 1.807) is 25.4 Å². The van der Waals surface area contributed by atoms with E-state index in [-0.39, 0.29) is 16.8 Å². The van der Waals surface area contributed by atoms with Gasteiger partial charge in [0.05, 0.1) is 23.1 Å². The molecule has 0 atom stereocenters. The van der Waals surface area contributed by atoms with Crippen LogP contribution >= 0.6 is 0 Å². The highest BCUT2D eigenvalue weighted by atomic mass is 19.1. The van der Waals surface area contributed by atoms with Crippen molar-refractivity contribution in [1.29, 1.82) is 10.5 Å². The van der Waals surface area contributed by atoms with Crippen molar-refractivity contribution in [2.24, 2.45) is 18.9 Å². The molecule has 2 aliphatic rings. The molecule has 196 valence electrons. The van der Waals surface area contributed by atoms with Gasteiger partial charge in [-0.1, -0.05) is 6.42 Å². The third-order valence-corrected chi connectivity index (χ3v) is 8.33. The molecule has 3 aromatic rings. The second-order valence-electron chi connectivity index (χ2n) is 10.7. The topological polar surface area (TPSA) is 111 Å². The molecule has 2 saturated carbocycles. The number of anilines is 2. The fourth-order valence-corrected chi connectivity index (χ4v) is 5.87. The Morgan fingerprint density at radius 2 is 1.89 bits per heavy atom. The van der Waals surface area contributed by atoms with Crippen LogP contribution in [0.3, 0.4) is 0 Å². The Bertz CT molecular complexity index is 1490. The molecule has 0 amide bonds. The Morgan fingerprint density at radius 1 is 1.13 bits per heavy atom. The summed E-state index contributed by atoms with van der Waals surface area (Å²) >= 11 is 0. The van der Waals surface area contributed by atoms with Gasteiger partial charge >= 0.3 is 0 Å². The normalized spacial score (nSPS) is 19.4. The molecule has 38 heavy (non-hydrogen) atoms. The highest BCUT2D eigenvalue weighted by Gasteiger charge is 2.31. The summed E-state index contributed by atoms with van der Waals surface area (Å²) in [6.07, 6.45) is 9.47. The molecule has 0 radical (unpaired) electrons. The molecule has 0 bridgehead atoms. The van der Waals surface area contributed by atoms with Crippen LogP contribution in [0.1, 0.15) is 61.8 Å². The Labute approximate surface area is 221 Å². The molecule has 9 heteroatoms. The van der Waals surface area contributed by atoms with E-state index in [4.69, 9.17) is 0 Å². The lowest BCUT2D eigenvalue weighted by Gasteiger charge is -2.42. The molecule has 8 nitrogen and oxygen atoms in total. The Morgan fingerprint density at radius 3 is 2.53 bits per heavy atom. The van der Waals surface area contributed by atoms with Crippen molar-refractivity contribution in [3.8, 4) is 12.1 Å². The molecule has 2 aliphatic carbocycles. The third kappa shape index (κ3) is 4.93. The maximum atomic E-state index is 13.7. The summed E-state index contributed by atoms with van der Waals surface area (Å²) in [6.45, 7) is 3.55. The van der Waals surface area contributed by atoms with Crippen LogP contribution in [-0.2, 0) is 7.05 Å². The minimum absolute atomic E-state index is 0.0160. The average molecular weight is 514 g/mol. The number of fused-ring (bicyclic) bond motifs is 1. The van der Waals surface area contributed by atoms with Gasteiger partial charge in [0.1, 0.15) is 28.9 Å². The first kappa shape index (κ1) is 25.7. The molecular formula is C29H32FN7O. The van der Waals surface area contributed by atoms with Gasteiger partial charge < -0.3 is 14.8 Å². The van der Waals surface area contributed by atoms with Gasteiger partial charge in [-0.2, -0.15) is 14.9 Å². The first-order chi connectivity index (χ1) is 18.4. The molecule has 0 unspecified atom stereocenters. The van der Waals surface area contributed by atoms with Crippen LogP contribution in [0, 0.1) is 47.4 Å². The van der Waals surface area contributed by atoms with Crippen LogP contribution in [0.25, 0.3) is 11.0 Å². The van der Waals surface area contributed by atoms with Crippen molar-refractivity contribution in [3.63, 3.8) is 0 Å². The van der Waals surface area contributed by atoms with Crippen molar-refractivity contribution in [1.82, 2.24) is 14.5 Å². The Hall–Kier alpha value is -3.98. The van der Waals surface area contributed by atoms with E-state index >= 15 is 0 Å². The zero-order valence-corrected chi connectivity index (χ0v) is 21.9. The van der Waals surface area contributed by atoms with Crippen LogP contribution in [0.15, 0.2) is 29.2 Å². The molecule has 5 rings (SSSR count). The molecule has 2 fully saturated rings. The number of pyridine rings is 3. The number of hydrogen-bond acceptors (Lipinski definition) is 7. The summed E-state index contributed by atoms with van der Waals surface area (Å²) in [5.74, 6) is 0.609. The van der Waals surface area contributed by atoms with Crippen molar-refractivity contribution < 1.29 is 4.39 Å². The van der Waals surface area contributed by atoms with E-state index in [0.29, 0.717) is 41.1 Å². The van der Waals surface area contributed by atoms with Crippen molar-refractivity contribution in [2.75, 3.05) is 23.3 Å². The first-order valence-electron chi connectivity index (χ1n) is 13.4. The lowest BCUT2D eigenvalue weighted by atomic mass is 9.82. The molecule has 0 saturated heterocycles. The Kier molecular flexibility index (Phi) is 7.28. The molecule has 0 aromatic carbocycles. The number of nitrogens with zero attached hydrogens (tertiary/aromatic N) is 6. The minimum atomic E-state index is -0.444. The minimum Gasteiger partial charge on any atom is -0.382 e. The maximum absolute atomic E-state index is 13.7. The van der Waals surface area contributed by atoms with Gasteiger partial charge in [0.2, 0.25) is 5.95 Å². The molecule has 3 heterocycles. The van der Waals surface area contributed by atoms with Crippen molar-refractivity contribution in [3.05, 3.63) is 57.5 Å². The second kappa shape index (κ2) is 10.8. The van der Waals surface area contributed by atoms with Crippen molar-refractivity contribution >= 4 is 22.4 Å². The highest BCUT2D eigenvalue weighted by molar-refractivity contribution is 5.91. The van der Waals surface area contributed by atoms with Crippen LogP contribution in [-0.4, -0.2) is 33.7 Å². The van der Waals surface area contributed by atoms with Crippen LogP contribution in [0.5, 0.6) is 0 Å². The Balaban J connectivity index is 1.32. The van der Waals surface area contributed by atoms with Gasteiger partial charge in [-0.05, 0) is 81.0 Å². The van der Waals surface area contributed by atoms with Gasteiger partial charge in [0.15, 0.2) is 0 Å². The smallest absolute Gasteiger partial charge is 0.270 e. The van der Waals surface area contributed by atoms with E-state index in [1.165, 1.54) is 29.9 Å². The van der Waals surface area contributed by atoms with Gasteiger partial charge in [0.25, 0.3) is 5.56 Å². The van der Waals surface area contributed by atoms with E-state index in [9.17, 15) is 19.7 Å². The summed E-state index contributed by atoms with van der Waals surface area (Å²) < 4.78 is 15.1. The van der Waals surface area contributed by atoms with Gasteiger partial charge in [-0.3, -0.25) is 4.79 Å². The molecule has 1 N–H and O–H groups in total. The second-order valence-corrected chi connectivity index (χ2v) is 10.7. The fourth-order valence-electron chi connectivity index (χ4n) is 5.87. The van der Waals surface area contributed by atoms with Crippen LogP contribution in [0.2, 0.25) is 0 Å². The number of hydrogen-bond donors (Lipinski definition) is 1. The zero-order chi connectivity index (χ0) is 26.8. The number of nitriles is 2. The monoisotopic (exact) mass is 513 g/mol. The van der Waals surface area contributed by atoms with E-state index < -0.39 is 5.95 Å². The van der Waals surface area contributed by atoms with Crippen molar-refractivity contribution in [2.45, 2.75) is 57.9 Å². The zero-order valence-electron chi connectivity index (χ0n) is 21.9. The number of aryl methyl sites for hydroxylation is 2. The van der Waals surface area contributed by atoms with E-state index in [1.807, 2.05) is 19.1 Å². The number of nitrogens with one attached hydrogen (secondary N) is 1. The predicted octanol–water partition coefficient (Wildman–Crippen LogP) is 4.80. The quantitative estimate of drug-likeness (QED) is 0.452. The summed E-state index contributed by atoms with van der Waals surface area (Å²) in [6, 6.07) is 9.25. The number of halogens is 1. The third-order valence-electron chi connectivity index (χ3n) is 8.33. The van der Waals surface area contributed by atoms with Crippen LogP contribution < -0.4 is 15.8 Å². The standard InChI is InChI=1S/C29H32FN7O/c1-18-12-26(30)33-16-25(18)37(17-20-4-3-5-20)22-9-6-19(7-10-22)15-34-27-23(14-32)29(38)36(2)24-11-8-21(13-31)35-28(24)27/h8,11-12,16,19-20,22,34H,3-7,9-10,15,17H2,1-2H3. The fraction of sp³-hybridized carbons (Fsp3) is 0.483. The maximum Gasteiger partial charge on any atom is 0.270 e. The number of aromatic nitrogens is 3. The van der Waals surface area contributed by atoms with Gasteiger partial charge in [-0.25, -0.2) is 9.97 Å². The summed E-state index contributed by atoms with van der Waals surface area (Å²) in [5, 5.41) is 22.5. The first-order valence-corrected chi connectivity index (χ1v) is 13.4. The average Bonchev–Trinajstić information content (AvgIpc) is 2.90. The summed E-state index contributed by atoms with van der Waals surface area (Å²) in [4.78, 5) is 23.7. The van der Waals surface area contributed by atoms with E-state index in [0.717, 1.165) is 43.5 Å². The SMILES string of the molecule is Cc1cc(F)ncc1N(CC1CCC1)C1CCC(CNc2c(C#N)c(=O)n(C)c3ccc(C#N)nc23)CC1. The summed E-state index contributed by atoms with van der Waals surface area (Å²) in [7, 11) is 1.61. The predicted molar refractivity (Wildman–Crippen MR) is 144 cm³/mol. The molecular weight excluding hydrogens is 481 g/mol. The lowest BCUT2D eigenvalue weighted by molar-refractivity contribution is 0.279. The van der Waals surface area contributed by atoms with Gasteiger partial charge in [-0.15, -0.1) is 0 Å². The van der Waals surface area contributed by atoms with Gasteiger partial charge in [0, 0.05) is 26.2 Å². The van der Waals surface area contributed by atoms with Crippen LogP contribution in [0.4, 0.5) is 15.8 Å². The molecule has 3 aromatic heterocycles. The lowest BCUT2D eigenvalue weighted by Crippen LogP contribution is -2.43. The van der Waals surface area contributed by atoms with E-state index in [2.05, 4.69) is 20.2 Å². The largest absolute Gasteiger partial charge is 0.382 e. The summed E-state index contributed by atoms with van der Waals surface area (Å²) in [5.41, 5.74) is 3.27.